The Hall–Kier alpha value is -1.28. The molecule has 0 radical (unpaired) electrons. The number of hydrogen-bond acceptors (Lipinski definition) is 2. The molecule has 0 aliphatic rings. The van der Waals surface area contributed by atoms with E-state index in [0.29, 0.717) is 5.02 Å². The zero-order valence-corrected chi connectivity index (χ0v) is 13.7. The van der Waals surface area contributed by atoms with E-state index in [2.05, 4.69) is 4.72 Å². The van der Waals surface area contributed by atoms with Crippen LogP contribution in [-0.2, 0) is 22.7 Å². The summed E-state index contributed by atoms with van der Waals surface area (Å²) in [7, 11) is -3.86. The summed E-state index contributed by atoms with van der Waals surface area (Å²) in [5, 5.41) is -0.0710. The van der Waals surface area contributed by atoms with E-state index in [1.807, 2.05) is 0 Å². The summed E-state index contributed by atoms with van der Waals surface area (Å²) >= 11 is 11.2. The largest absolute Gasteiger partial charge is 0.417 e. The number of sulfonamides is 1. The van der Waals surface area contributed by atoms with Gasteiger partial charge in [0.2, 0.25) is 10.0 Å². The smallest absolute Gasteiger partial charge is 0.207 e. The van der Waals surface area contributed by atoms with E-state index in [-0.39, 0.29) is 17.0 Å². The van der Waals surface area contributed by atoms with Gasteiger partial charge in [-0.1, -0.05) is 29.3 Å². The summed E-state index contributed by atoms with van der Waals surface area (Å²) in [4.78, 5) is -0.0353. The van der Waals surface area contributed by atoms with Crippen molar-refractivity contribution in [3.05, 3.63) is 63.6 Å². The van der Waals surface area contributed by atoms with Gasteiger partial charge in [-0.15, -0.1) is 0 Å². The quantitative estimate of drug-likeness (QED) is 0.845. The first-order valence-electron chi connectivity index (χ1n) is 6.20. The van der Waals surface area contributed by atoms with Gasteiger partial charge in [0.05, 0.1) is 15.5 Å². The summed E-state index contributed by atoms with van der Waals surface area (Å²) < 4.78 is 64.7. The van der Waals surface area contributed by atoms with Gasteiger partial charge in [0.1, 0.15) is 0 Å². The standard InChI is InChI=1S/C14H10Cl2F3NO2S/c15-10-2-4-11(5-3-10)23(21,22)20-8-9-1-6-13(16)12(7-9)14(17,18)19/h1-7,20H,8H2. The van der Waals surface area contributed by atoms with E-state index in [1.165, 1.54) is 30.3 Å². The van der Waals surface area contributed by atoms with Gasteiger partial charge >= 0.3 is 6.18 Å². The lowest BCUT2D eigenvalue weighted by atomic mass is 10.1. The Kier molecular flexibility index (Phi) is 5.25. The van der Waals surface area contributed by atoms with Crippen LogP contribution in [0.4, 0.5) is 13.2 Å². The molecule has 3 nitrogen and oxygen atoms in total. The molecule has 0 heterocycles. The summed E-state index contributed by atoms with van der Waals surface area (Å²) in [5.74, 6) is 0. The molecule has 0 amide bonds. The minimum absolute atomic E-state index is 0.0353. The van der Waals surface area contributed by atoms with Crippen molar-refractivity contribution in [2.75, 3.05) is 0 Å². The van der Waals surface area contributed by atoms with Crippen LogP contribution in [0.2, 0.25) is 10.0 Å². The van der Waals surface area contributed by atoms with Crippen LogP contribution in [-0.4, -0.2) is 8.42 Å². The van der Waals surface area contributed by atoms with Crippen LogP contribution >= 0.6 is 23.2 Å². The highest BCUT2D eigenvalue weighted by atomic mass is 35.5. The maximum absolute atomic E-state index is 12.8. The van der Waals surface area contributed by atoms with Crippen molar-refractivity contribution in [1.29, 1.82) is 0 Å². The molecule has 124 valence electrons. The molecule has 2 aromatic rings. The fraction of sp³-hybridized carbons (Fsp3) is 0.143. The van der Waals surface area contributed by atoms with Crippen LogP contribution in [0.3, 0.4) is 0 Å². The van der Waals surface area contributed by atoms with E-state index < -0.39 is 26.8 Å². The minimum Gasteiger partial charge on any atom is -0.207 e. The molecule has 9 heteroatoms. The van der Waals surface area contributed by atoms with Gasteiger partial charge in [0.15, 0.2) is 0 Å². The van der Waals surface area contributed by atoms with Crippen molar-refractivity contribution < 1.29 is 21.6 Å². The number of halogens is 5. The SMILES string of the molecule is O=S(=O)(NCc1ccc(Cl)c(C(F)(F)F)c1)c1ccc(Cl)cc1. The lowest BCUT2D eigenvalue weighted by Gasteiger charge is -2.12. The Balaban J connectivity index is 2.19. The molecule has 0 aromatic heterocycles. The van der Waals surface area contributed by atoms with Gasteiger partial charge in [-0.25, -0.2) is 13.1 Å². The molecule has 0 unspecified atom stereocenters. The maximum Gasteiger partial charge on any atom is 0.417 e. The summed E-state index contributed by atoms with van der Waals surface area (Å²) in [6.45, 7) is -0.300. The van der Waals surface area contributed by atoms with Crippen molar-refractivity contribution in [3.63, 3.8) is 0 Å². The highest BCUT2D eigenvalue weighted by molar-refractivity contribution is 7.89. The number of nitrogens with one attached hydrogen (secondary N) is 1. The third kappa shape index (κ3) is 4.60. The van der Waals surface area contributed by atoms with E-state index in [0.717, 1.165) is 12.1 Å². The van der Waals surface area contributed by atoms with Gasteiger partial charge in [0.25, 0.3) is 0 Å². The average molecular weight is 384 g/mol. The van der Waals surface area contributed by atoms with E-state index in [9.17, 15) is 21.6 Å². The zero-order chi connectivity index (χ0) is 17.3. The predicted octanol–water partition coefficient (Wildman–Crippen LogP) is 4.49. The van der Waals surface area contributed by atoms with Crippen LogP contribution in [0.15, 0.2) is 47.4 Å². The van der Waals surface area contributed by atoms with Crippen molar-refractivity contribution in [1.82, 2.24) is 4.72 Å². The van der Waals surface area contributed by atoms with Crippen molar-refractivity contribution >= 4 is 33.2 Å². The van der Waals surface area contributed by atoms with Crippen molar-refractivity contribution in [2.45, 2.75) is 17.6 Å². The van der Waals surface area contributed by atoms with Crippen molar-refractivity contribution in [3.8, 4) is 0 Å². The number of hydrogen-bond donors (Lipinski definition) is 1. The maximum atomic E-state index is 12.8. The molecular formula is C14H10Cl2F3NO2S. The monoisotopic (exact) mass is 383 g/mol. The summed E-state index contributed by atoms with van der Waals surface area (Å²) in [6.07, 6.45) is -4.61. The first kappa shape index (κ1) is 18.1. The predicted molar refractivity (Wildman–Crippen MR) is 81.9 cm³/mol. The Labute approximate surface area is 141 Å². The highest BCUT2D eigenvalue weighted by Crippen LogP contribution is 2.35. The molecule has 23 heavy (non-hydrogen) atoms. The van der Waals surface area contributed by atoms with Crippen LogP contribution in [0.5, 0.6) is 0 Å². The zero-order valence-electron chi connectivity index (χ0n) is 11.4. The molecule has 0 aliphatic heterocycles. The third-order valence-electron chi connectivity index (χ3n) is 2.93. The van der Waals surface area contributed by atoms with Gasteiger partial charge in [-0.3, -0.25) is 0 Å². The summed E-state index contributed by atoms with van der Waals surface area (Å²) in [6, 6.07) is 8.62. The number of alkyl halides is 3. The highest BCUT2D eigenvalue weighted by Gasteiger charge is 2.33. The molecule has 0 saturated carbocycles. The molecule has 0 bridgehead atoms. The van der Waals surface area contributed by atoms with E-state index in [4.69, 9.17) is 23.2 Å². The Bertz CT molecular complexity index is 806. The fourth-order valence-corrected chi connectivity index (χ4v) is 3.14. The number of rotatable bonds is 4. The first-order valence-corrected chi connectivity index (χ1v) is 8.44. The van der Waals surface area contributed by atoms with Crippen LogP contribution in [0, 0.1) is 0 Å². The van der Waals surface area contributed by atoms with Gasteiger partial charge in [-0.2, -0.15) is 13.2 Å². The fourth-order valence-electron chi connectivity index (χ4n) is 1.78. The Morgan fingerprint density at radius 3 is 2.17 bits per heavy atom. The molecule has 2 aromatic carbocycles. The average Bonchev–Trinajstić information content (AvgIpc) is 2.45. The second kappa shape index (κ2) is 6.68. The van der Waals surface area contributed by atoms with Gasteiger partial charge in [-0.05, 0) is 42.0 Å². The Morgan fingerprint density at radius 1 is 1.00 bits per heavy atom. The topological polar surface area (TPSA) is 46.2 Å². The molecule has 2 rings (SSSR count). The summed E-state index contributed by atoms with van der Waals surface area (Å²) in [5.41, 5.74) is -0.873. The molecule has 0 aliphatic carbocycles. The third-order valence-corrected chi connectivity index (χ3v) is 4.93. The molecule has 0 fully saturated rings. The molecular weight excluding hydrogens is 374 g/mol. The van der Waals surface area contributed by atoms with Gasteiger partial charge < -0.3 is 0 Å². The molecule has 0 spiro atoms. The molecule has 1 N–H and O–H groups in total. The van der Waals surface area contributed by atoms with Crippen LogP contribution < -0.4 is 4.72 Å². The van der Waals surface area contributed by atoms with E-state index >= 15 is 0 Å². The lowest BCUT2D eigenvalue weighted by molar-refractivity contribution is -0.137. The lowest BCUT2D eigenvalue weighted by Crippen LogP contribution is -2.23. The normalized spacial score (nSPS) is 12.4. The number of benzene rings is 2. The second-order valence-corrected chi connectivity index (χ2v) is 7.20. The Morgan fingerprint density at radius 2 is 1.61 bits per heavy atom. The van der Waals surface area contributed by atoms with Crippen LogP contribution in [0.1, 0.15) is 11.1 Å². The second-order valence-electron chi connectivity index (χ2n) is 4.59. The van der Waals surface area contributed by atoms with Crippen LogP contribution in [0.25, 0.3) is 0 Å². The first-order chi connectivity index (χ1) is 10.6. The van der Waals surface area contributed by atoms with Crippen molar-refractivity contribution in [2.24, 2.45) is 0 Å². The molecule has 0 saturated heterocycles. The minimum atomic E-state index is -4.61. The van der Waals surface area contributed by atoms with Gasteiger partial charge in [0, 0.05) is 11.6 Å². The van der Waals surface area contributed by atoms with E-state index in [1.54, 1.807) is 0 Å². The molecule has 0 atom stereocenters.